The average molecular weight is 389 g/mol. The lowest BCUT2D eigenvalue weighted by atomic mass is 10.2. The van der Waals surface area contributed by atoms with E-state index in [0.29, 0.717) is 36.0 Å². The number of aromatic nitrogens is 1. The summed E-state index contributed by atoms with van der Waals surface area (Å²) >= 11 is 0. The van der Waals surface area contributed by atoms with E-state index in [9.17, 15) is 4.79 Å². The number of fused-ring (bicyclic) bond motifs is 1. The minimum absolute atomic E-state index is 0.203. The molecule has 1 aliphatic rings. The number of hydrogen-bond donors (Lipinski definition) is 1. The molecule has 6 nitrogen and oxygen atoms in total. The zero-order valence-corrected chi connectivity index (χ0v) is 16.5. The third kappa shape index (κ3) is 4.16. The maximum Gasteiger partial charge on any atom is 0.255 e. The number of carbonyl (C=O) groups is 1. The molecule has 1 amide bonds. The van der Waals surface area contributed by atoms with E-state index in [0.717, 1.165) is 18.1 Å². The van der Waals surface area contributed by atoms with Crippen LogP contribution in [0.2, 0.25) is 0 Å². The predicted molar refractivity (Wildman–Crippen MR) is 113 cm³/mol. The normalized spacial score (nSPS) is 12.3. The smallest absolute Gasteiger partial charge is 0.255 e. The van der Waals surface area contributed by atoms with Crippen molar-refractivity contribution in [3.05, 3.63) is 71.9 Å². The summed E-state index contributed by atoms with van der Waals surface area (Å²) in [6.45, 7) is 5.90. The first-order valence-electron chi connectivity index (χ1n) is 9.65. The maximum absolute atomic E-state index is 12.8. The SMILES string of the molecule is CCN(c1cccc(C)c1)c1cc(C(=O)Nc2ccc3c(c2)OCCO3)ccn1. The number of nitrogens with one attached hydrogen (secondary N) is 1. The summed E-state index contributed by atoms with van der Waals surface area (Å²) in [6, 6.07) is 17.1. The van der Waals surface area contributed by atoms with Crippen molar-refractivity contribution in [2.75, 3.05) is 30.0 Å². The minimum atomic E-state index is -0.203. The van der Waals surface area contributed by atoms with Crippen LogP contribution in [-0.4, -0.2) is 30.6 Å². The van der Waals surface area contributed by atoms with Crippen LogP contribution in [0.3, 0.4) is 0 Å². The van der Waals surface area contributed by atoms with E-state index in [1.54, 1.807) is 36.5 Å². The second-order valence-corrected chi connectivity index (χ2v) is 6.80. The van der Waals surface area contributed by atoms with Crippen LogP contribution >= 0.6 is 0 Å². The molecule has 4 rings (SSSR count). The summed E-state index contributed by atoms with van der Waals surface area (Å²) in [7, 11) is 0. The van der Waals surface area contributed by atoms with Crippen molar-refractivity contribution in [3.8, 4) is 11.5 Å². The van der Waals surface area contributed by atoms with E-state index in [1.165, 1.54) is 5.56 Å². The zero-order chi connectivity index (χ0) is 20.2. The molecule has 2 aromatic carbocycles. The van der Waals surface area contributed by atoms with E-state index < -0.39 is 0 Å². The van der Waals surface area contributed by atoms with Gasteiger partial charge in [-0.15, -0.1) is 0 Å². The van der Waals surface area contributed by atoms with E-state index in [4.69, 9.17) is 9.47 Å². The van der Waals surface area contributed by atoms with E-state index >= 15 is 0 Å². The molecule has 0 radical (unpaired) electrons. The summed E-state index contributed by atoms with van der Waals surface area (Å²) in [6.07, 6.45) is 1.66. The van der Waals surface area contributed by atoms with Crippen LogP contribution in [0.4, 0.5) is 17.2 Å². The Morgan fingerprint density at radius 1 is 1.07 bits per heavy atom. The quantitative estimate of drug-likeness (QED) is 0.692. The largest absolute Gasteiger partial charge is 0.486 e. The summed E-state index contributed by atoms with van der Waals surface area (Å²) < 4.78 is 11.1. The molecule has 0 spiro atoms. The first-order valence-corrected chi connectivity index (χ1v) is 9.65. The Hall–Kier alpha value is -3.54. The van der Waals surface area contributed by atoms with Gasteiger partial charge >= 0.3 is 0 Å². The molecule has 1 N–H and O–H groups in total. The number of rotatable bonds is 5. The molecule has 148 valence electrons. The molecule has 0 fully saturated rings. The third-order valence-electron chi connectivity index (χ3n) is 4.71. The van der Waals surface area contributed by atoms with Gasteiger partial charge in [-0.3, -0.25) is 4.79 Å². The zero-order valence-electron chi connectivity index (χ0n) is 16.5. The van der Waals surface area contributed by atoms with Gasteiger partial charge in [-0.1, -0.05) is 12.1 Å². The van der Waals surface area contributed by atoms with Crippen molar-refractivity contribution >= 4 is 23.1 Å². The Morgan fingerprint density at radius 2 is 1.90 bits per heavy atom. The molecule has 0 saturated carbocycles. The molecule has 0 atom stereocenters. The van der Waals surface area contributed by atoms with Crippen LogP contribution in [0, 0.1) is 6.92 Å². The van der Waals surface area contributed by atoms with Crippen molar-refractivity contribution in [1.82, 2.24) is 4.98 Å². The molecule has 1 aliphatic heterocycles. The fourth-order valence-corrected chi connectivity index (χ4v) is 3.30. The van der Waals surface area contributed by atoms with E-state index in [1.807, 2.05) is 12.1 Å². The summed E-state index contributed by atoms with van der Waals surface area (Å²) in [4.78, 5) is 19.4. The number of anilines is 3. The number of carbonyl (C=O) groups excluding carboxylic acids is 1. The van der Waals surface area contributed by atoms with E-state index in [-0.39, 0.29) is 5.91 Å². The molecule has 1 aromatic heterocycles. The van der Waals surface area contributed by atoms with Gasteiger partial charge < -0.3 is 19.7 Å². The molecule has 6 heteroatoms. The standard InChI is InChI=1S/C23H23N3O3/c1-3-26(19-6-4-5-16(2)13-19)22-14-17(9-10-24-22)23(27)25-18-7-8-20-21(15-18)29-12-11-28-20/h4-10,13-15H,3,11-12H2,1-2H3,(H,25,27). The second-order valence-electron chi connectivity index (χ2n) is 6.80. The van der Waals surface area contributed by atoms with Gasteiger partial charge in [0.2, 0.25) is 0 Å². The van der Waals surface area contributed by atoms with Crippen molar-refractivity contribution in [1.29, 1.82) is 0 Å². The summed E-state index contributed by atoms with van der Waals surface area (Å²) in [5.74, 6) is 1.86. The molecular weight excluding hydrogens is 366 g/mol. The number of ether oxygens (including phenoxy) is 2. The Bertz CT molecular complexity index is 1040. The van der Waals surface area contributed by atoms with Gasteiger partial charge in [0.1, 0.15) is 19.0 Å². The molecule has 3 aromatic rings. The number of nitrogens with zero attached hydrogens (tertiary/aromatic N) is 2. The fraction of sp³-hybridized carbons (Fsp3) is 0.217. The number of benzene rings is 2. The van der Waals surface area contributed by atoms with Gasteiger partial charge in [0.05, 0.1) is 0 Å². The highest BCUT2D eigenvalue weighted by atomic mass is 16.6. The van der Waals surface area contributed by atoms with Gasteiger partial charge in [-0.05, 0) is 55.8 Å². The first kappa shape index (κ1) is 18.8. The third-order valence-corrected chi connectivity index (χ3v) is 4.71. The van der Waals surface area contributed by atoms with Crippen LogP contribution in [0.25, 0.3) is 0 Å². The Kier molecular flexibility index (Phi) is 5.33. The van der Waals surface area contributed by atoms with Crippen molar-refractivity contribution in [2.45, 2.75) is 13.8 Å². The van der Waals surface area contributed by atoms with Gasteiger partial charge in [-0.25, -0.2) is 4.98 Å². The lowest BCUT2D eigenvalue weighted by Gasteiger charge is -2.23. The Labute approximate surface area is 170 Å². The minimum Gasteiger partial charge on any atom is -0.486 e. The number of aryl methyl sites for hydroxylation is 1. The van der Waals surface area contributed by atoms with Gasteiger partial charge in [0, 0.05) is 35.7 Å². The Balaban J connectivity index is 1.55. The maximum atomic E-state index is 12.8. The fourth-order valence-electron chi connectivity index (χ4n) is 3.30. The van der Waals surface area contributed by atoms with Crippen molar-refractivity contribution in [2.24, 2.45) is 0 Å². The highest BCUT2D eigenvalue weighted by Crippen LogP contribution is 2.33. The molecule has 0 unspecified atom stereocenters. The van der Waals surface area contributed by atoms with Gasteiger partial charge in [0.15, 0.2) is 11.5 Å². The van der Waals surface area contributed by atoms with Crippen LogP contribution in [0.5, 0.6) is 11.5 Å². The number of hydrogen-bond acceptors (Lipinski definition) is 5. The number of amides is 1. The highest BCUT2D eigenvalue weighted by Gasteiger charge is 2.15. The lowest BCUT2D eigenvalue weighted by Crippen LogP contribution is -2.19. The monoisotopic (exact) mass is 389 g/mol. The van der Waals surface area contributed by atoms with Crippen LogP contribution < -0.4 is 19.7 Å². The molecule has 2 heterocycles. The molecule has 0 saturated heterocycles. The highest BCUT2D eigenvalue weighted by molar-refractivity contribution is 6.04. The molecular formula is C23H23N3O3. The van der Waals surface area contributed by atoms with Crippen LogP contribution in [-0.2, 0) is 0 Å². The topological polar surface area (TPSA) is 63.7 Å². The van der Waals surface area contributed by atoms with E-state index in [2.05, 4.69) is 41.2 Å². The predicted octanol–water partition coefficient (Wildman–Crippen LogP) is 4.57. The van der Waals surface area contributed by atoms with Crippen molar-refractivity contribution in [3.63, 3.8) is 0 Å². The first-order chi connectivity index (χ1) is 14.1. The van der Waals surface area contributed by atoms with Gasteiger partial charge in [0.25, 0.3) is 5.91 Å². The summed E-state index contributed by atoms with van der Waals surface area (Å²) in [5, 5.41) is 2.92. The Morgan fingerprint density at radius 3 is 2.69 bits per heavy atom. The van der Waals surface area contributed by atoms with Crippen molar-refractivity contribution < 1.29 is 14.3 Å². The van der Waals surface area contributed by atoms with Crippen LogP contribution in [0.15, 0.2) is 60.8 Å². The molecule has 0 aliphatic carbocycles. The van der Waals surface area contributed by atoms with Gasteiger partial charge in [-0.2, -0.15) is 0 Å². The van der Waals surface area contributed by atoms with Crippen LogP contribution in [0.1, 0.15) is 22.8 Å². The average Bonchev–Trinajstić information content (AvgIpc) is 2.74. The summed E-state index contributed by atoms with van der Waals surface area (Å²) in [5.41, 5.74) is 3.41. The molecule has 0 bridgehead atoms. The lowest BCUT2D eigenvalue weighted by molar-refractivity contribution is 0.102. The second kappa shape index (κ2) is 8.22. The molecule has 29 heavy (non-hydrogen) atoms. The number of pyridine rings is 1.